The summed E-state index contributed by atoms with van der Waals surface area (Å²) in [5, 5.41) is 0.979. The summed E-state index contributed by atoms with van der Waals surface area (Å²) < 4.78 is 0.798. The summed E-state index contributed by atoms with van der Waals surface area (Å²) in [6.45, 7) is 0.501. The second kappa shape index (κ2) is 3.55. The summed E-state index contributed by atoms with van der Waals surface area (Å²) in [5.41, 5.74) is 7.29. The summed E-state index contributed by atoms with van der Waals surface area (Å²) in [5.74, 6) is 0. The number of halogens is 1. The first-order chi connectivity index (χ1) is 6.70. The van der Waals surface area contributed by atoms with E-state index in [9.17, 15) is 4.79 Å². The van der Waals surface area contributed by atoms with Gasteiger partial charge in [0.2, 0.25) is 5.56 Å². The lowest BCUT2D eigenvalue weighted by Gasteiger charge is -2.02. The van der Waals surface area contributed by atoms with Gasteiger partial charge in [-0.3, -0.25) is 4.79 Å². The third-order valence-electron chi connectivity index (χ3n) is 2.09. The molecule has 0 atom stereocenters. The summed E-state index contributed by atoms with van der Waals surface area (Å²) in [6.07, 6.45) is 0. The Kier molecular flexibility index (Phi) is 2.39. The highest BCUT2D eigenvalue weighted by Gasteiger charge is 2.01. The van der Waals surface area contributed by atoms with Gasteiger partial charge in [0, 0.05) is 28.0 Å². The van der Waals surface area contributed by atoms with Crippen LogP contribution in [-0.4, -0.2) is 4.98 Å². The Bertz CT molecular complexity index is 533. The quantitative estimate of drug-likeness (QED) is 0.813. The predicted molar refractivity (Wildman–Crippen MR) is 60.2 cm³/mol. The number of hydrogen-bond acceptors (Lipinski definition) is 2. The van der Waals surface area contributed by atoms with Crippen LogP contribution in [0.25, 0.3) is 10.9 Å². The van der Waals surface area contributed by atoms with Crippen LogP contribution < -0.4 is 11.3 Å². The van der Waals surface area contributed by atoms with Crippen LogP contribution in [0.3, 0.4) is 0 Å². The van der Waals surface area contributed by atoms with Gasteiger partial charge in [0.15, 0.2) is 0 Å². The molecule has 14 heavy (non-hydrogen) atoms. The molecule has 0 saturated heterocycles. The minimum atomic E-state index is -0.107. The summed E-state index contributed by atoms with van der Waals surface area (Å²) in [7, 11) is 0. The van der Waals surface area contributed by atoms with E-state index in [-0.39, 0.29) is 5.56 Å². The van der Waals surface area contributed by atoms with Gasteiger partial charge >= 0.3 is 0 Å². The highest BCUT2D eigenvalue weighted by molar-refractivity contribution is 9.10. The lowest BCUT2D eigenvalue weighted by atomic mass is 10.1. The zero-order valence-electron chi connectivity index (χ0n) is 7.38. The number of hydrogen-bond donors (Lipinski definition) is 2. The lowest BCUT2D eigenvalue weighted by Crippen LogP contribution is -2.04. The minimum Gasteiger partial charge on any atom is -0.326 e. The molecule has 0 amide bonds. The zero-order valence-corrected chi connectivity index (χ0v) is 8.97. The monoisotopic (exact) mass is 252 g/mol. The van der Waals surface area contributed by atoms with Gasteiger partial charge in [-0.05, 0) is 33.6 Å². The Morgan fingerprint density at radius 2 is 2.14 bits per heavy atom. The number of nitrogens with two attached hydrogens (primary N) is 1. The average molecular weight is 253 g/mol. The SMILES string of the molecule is NCc1ccc2[nH]c(=O)cc(Br)c2c1. The summed E-state index contributed by atoms with van der Waals surface area (Å²) in [4.78, 5) is 13.9. The van der Waals surface area contributed by atoms with Gasteiger partial charge in [0.05, 0.1) is 0 Å². The van der Waals surface area contributed by atoms with Crippen LogP contribution in [0, 0.1) is 0 Å². The van der Waals surface area contributed by atoms with Crippen molar-refractivity contribution in [1.29, 1.82) is 0 Å². The molecule has 0 aliphatic heterocycles. The van der Waals surface area contributed by atoms with E-state index >= 15 is 0 Å². The summed E-state index contributed by atoms with van der Waals surface area (Å²) in [6, 6.07) is 7.26. The molecule has 3 N–H and O–H groups in total. The molecule has 1 heterocycles. The standard InChI is InChI=1S/C10H9BrN2O/c11-8-4-10(14)13-9-2-1-6(5-12)3-7(8)9/h1-4H,5,12H2,(H,13,14). The molecule has 0 aliphatic carbocycles. The van der Waals surface area contributed by atoms with Crippen LogP contribution >= 0.6 is 15.9 Å². The van der Waals surface area contributed by atoms with Crippen molar-refractivity contribution in [2.24, 2.45) is 5.73 Å². The van der Waals surface area contributed by atoms with Gasteiger partial charge in [0.1, 0.15) is 0 Å². The third-order valence-corrected chi connectivity index (χ3v) is 2.75. The van der Waals surface area contributed by atoms with Crippen LogP contribution in [0.4, 0.5) is 0 Å². The van der Waals surface area contributed by atoms with E-state index < -0.39 is 0 Å². The van der Waals surface area contributed by atoms with Gasteiger partial charge in [-0.2, -0.15) is 0 Å². The van der Waals surface area contributed by atoms with Crippen molar-refractivity contribution in [3.63, 3.8) is 0 Å². The molecule has 1 aromatic heterocycles. The van der Waals surface area contributed by atoms with Gasteiger partial charge in [-0.1, -0.05) is 6.07 Å². The fourth-order valence-electron chi connectivity index (χ4n) is 1.39. The number of fused-ring (bicyclic) bond motifs is 1. The van der Waals surface area contributed by atoms with E-state index in [1.165, 1.54) is 6.07 Å². The predicted octanol–water partition coefficient (Wildman–Crippen LogP) is 1.75. The average Bonchev–Trinajstić information content (AvgIpc) is 2.17. The van der Waals surface area contributed by atoms with Crippen LogP contribution in [-0.2, 0) is 6.54 Å². The number of H-pyrrole nitrogens is 1. The Hall–Kier alpha value is -1.13. The van der Waals surface area contributed by atoms with E-state index in [0.29, 0.717) is 6.54 Å². The Morgan fingerprint density at radius 1 is 1.36 bits per heavy atom. The second-order valence-corrected chi connectivity index (χ2v) is 3.92. The number of aromatic nitrogens is 1. The van der Waals surface area contributed by atoms with Crippen molar-refractivity contribution in [2.75, 3.05) is 0 Å². The van der Waals surface area contributed by atoms with Crippen molar-refractivity contribution in [1.82, 2.24) is 4.98 Å². The first kappa shape index (κ1) is 9.43. The molecule has 0 aliphatic rings. The van der Waals surface area contributed by atoms with Gasteiger partial charge < -0.3 is 10.7 Å². The van der Waals surface area contributed by atoms with Crippen molar-refractivity contribution in [3.05, 3.63) is 44.7 Å². The third kappa shape index (κ3) is 1.58. The first-order valence-corrected chi connectivity index (χ1v) is 5.01. The fraction of sp³-hybridized carbons (Fsp3) is 0.100. The molecule has 0 unspecified atom stereocenters. The van der Waals surface area contributed by atoms with Crippen molar-refractivity contribution in [3.8, 4) is 0 Å². The van der Waals surface area contributed by atoms with Crippen LogP contribution in [0.15, 0.2) is 33.5 Å². The number of pyridine rings is 1. The van der Waals surface area contributed by atoms with E-state index in [2.05, 4.69) is 20.9 Å². The second-order valence-electron chi connectivity index (χ2n) is 3.07. The van der Waals surface area contributed by atoms with Crippen LogP contribution in [0.2, 0.25) is 0 Å². The van der Waals surface area contributed by atoms with Crippen molar-refractivity contribution >= 4 is 26.8 Å². The molecule has 0 bridgehead atoms. The lowest BCUT2D eigenvalue weighted by molar-refractivity contribution is 1.07. The maximum absolute atomic E-state index is 11.1. The largest absolute Gasteiger partial charge is 0.326 e. The van der Waals surface area contributed by atoms with Crippen LogP contribution in [0.1, 0.15) is 5.56 Å². The normalized spacial score (nSPS) is 10.7. The highest BCUT2D eigenvalue weighted by atomic mass is 79.9. The molecule has 72 valence electrons. The minimum absolute atomic E-state index is 0.107. The number of nitrogens with one attached hydrogen (secondary N) is 1. The van der Waals surface area contributed by atoms with Crippen LogP contribution in [0.5, 0.6) is 0 Å². The van der Waals surface area contributed by atoms with E-state index in [4.69, 9.17) is 5.73 Å². The Morgan fingerprint density at radius 3 is 2.86 bits per heavy atom. The number of rotatable bonds is 1. The summed E-state index contributed by atoms with van der Waals surface area (Å²) >= 11 is 3.35. The molecule has 3 nitrogen and oxygen atoms in total. The maximum Gasteiger partial charge on any atom is 0.249 e. The molecule has 0 saturated carbocycles. The molecular weight excluding hydrogens is 244 g/mol. The van der Waals surface area contributed by atoms with E-state index in [0.717, 1.165) is 20.9 Å². The van der Waals surface area contributed by atoms with Crippen molar-refractivity contribution < 1.29 is 0 Å². The Labute approximate surface area is 89.1 Å². The molecule has 1 aromatic carbocycles. The highest BCUT2D eigenvalue weighted by Crippen LogP contribution is 2.21. The maximum atomic E-state index is 11.1. The smallest absolute Gasteiger partial charge is 0.249 e. The van der Waals surface area contributed by atoms with E-state index in [1.54, 1.807) is 0 Å². The van der Waals surface area contributed by atoms with Crippen molar-refractivity contribution in [2.45, 2.75) is 6.54 Å². The molecule has 2 rings (SSSR count). The molecule has 2 aromatic rings. The van der Waals surface area contributed by atoms with Gasteiger partial charge in [-0.25, -0.2) is 0 Å². The Balaban J connectivity index is 2.82. The van der Waals surface area contributed by atoms with Gasteiger partial charge in [0.25, 0.3) is 0 Å². The number of benzene rings is 1. The topological polar surface area (TPSA) is 58.9 Å². The molecule has 0 fully saturated rings. The fourth-order valence-corrected chi connectivity index (χ4v) is 1.92. The zero-order chi connectivity index (χ0) is 10.1. The van der Waals surface area contributed by atoms with E-state index in [1.807, 2.05) is 18.2 Å². The first-order valence-electron chi connectivity index (χ1n) is 4.22. The number of aromatic amines is 1. The molecule has 0 radical (unpaired) electrons. The molecular formula is C10H9BrN2O. The molecule has 0 spiro atoms. The van der Waals surface area contributed by atoms with Gasteiger partial charge in [-0.15, -0.1) is 0 Å². The molecule has 4 heteroatoms.